The van der Waals surface area contributed by atoms with Crippen molar-refractivity contribution in [3.8, 4) is 0 Å². The Balaban J connectivity index is 3.81. The van der Waals surface area contributed by atoms with Crippen LogP contribution in [0.5, 0.6) is 0 Å². The molecule has 0 amide bonds. The fraction of sp³-hybridized carbons (Fsp3) is 0.500. The summed E-state index contributed by atoms with van der Waals surface area (Å²) in [6.45, 7) is 12.8. The van der Waals surface area contributed by atoms with Gasteiger partial charge in [-0.2, -0.15) is 0 Å². The summed E-state index contributed by atoms with van der Waals surface area (Å²) in [6.07, 6.45) is 5.95. The van der Waals surface area contributed by atoms with Crippen LogP contribution in [-0.2, 0) is 4.74 Å². The van der Waals surface area contributed by atoms with Crippen molar-refractivity contribution in [3.05, 3.63) is 36.1 Å². The average molecular weight is 180 g/mol. The molecule has 0 fully saturated rings. The molecule has 0 aromatic carbocycles. The van der Waals surface area contributed by atoms with Crippen molar-refractivity contribution in [2.45, 2.75) is 27.7 Å². The van der Waals surface area contributed by atoms with Gasteiger partial charge in [-0.1, -0.05) is 38.2 Å². The van der Waals surface area contributed by atoms with Gasteiger partial charge in [-0.05, 0) is 25.8 Å². The van der Waals surface area contributed by atoms with Gasteiger partial charge in [0.2, 0.25) is 0 Å². The van der Waals surface area contributed by atoms with E-state index >= 15 is 0 Å². The van der Waals surface area contributed by atoms with Gasteiger partial charge in [0, 0.05) is 0 Å². The Labute approximate surface area is 81.8 Å². The first-order chi connectivity index (χ1) is 6.06. The molecule has 0 aliphatic rings. The lowest BCUT2D eigenvalue weighted by Gasteiger charge is -2.07. The largest absolute Gasteiger partial charge is 0.494 e. The van der Waals surface area contributed by atoms with E-state index in [1.165, 1.54) is 5.57 Å². The van der Waals surface area contributed by atoms with E-state index in [1.54, 1.807) is 0 Å². The van der Waals surface area contributed by atoms with E-state index in [2.05, 4.69) is 20.4 Å². The summed E-state index contributed by atoms with van der Waals surface area (Å²) in [7, 11) is 0. The molecule has 0 heterocycles. The molecule has 0 unspecified atom stereocenters. The summed E-state index contributed by atoms with van der Waals surface area (Å²) in [5, 5.41) is 0. The van der Waals surface area contributed by atoms with Gasteiger partial charge in [0.05, 0.1) is 6.61 Å². The van der Waals surface area contributed by atoms with Gasteiger partial charge in [0.25, 0.3) is 0 Å². The Morgan fingerprint density at radius 3 is 2.46 bits per heavy atom. The molecule has 0 N–H and O–H groups in total. The molecule has 0 saturated heterocycles. The van der Waals surface area contributed by atoms with Gasteiger partial charge in [-0.15, -0.1) is 0 Å². The first-order valence-electron chi connectivity index (χ1n) is 4.69. The zero-order chi connectivity index (χ0) is 10.3. The normalized spacial score (nSPS) is 12.5. The molecule has 1 heteroatoms. The van der Waals surface area contributed by atoms with E-state index in [9.17, 15) is 0 Å². The van der Waals surface area contributed by atoms with Crippen LogP contribution in [-0.4, -0.2) is 6.61 Å². The Hall–Kier alpha value is -0.980. The van der Waals surface area contributed by atoms with Crippen molar-refractivity contribution in [1.82, 2.24) is 0 Å². The first kappa shape index (κ1) is 12.0. The van der Waals surface area contributed by atoms with Crippen LogP contribution >= 0.6 is 0 Å². The van der Waals surface area contributed by atoms with Gasteiger partial charge in [0.15, 0.2) is 0 Å². The highest BCUT2D eigenvalue weighted by molar-refractivity contribution is 5.21. The van der Waals surface area contributed by atoms with Gasteiger partial charge >= 0.3 is 0 Å². The minimum Gasteiger partial charge on any atom is -0.494 e. The molecular formula is C12H20O. The van der Waals surface area contributed by atoms with Crippen LogP contribution in [0.15, 0.2) is 36.1 Å². The lowest BCUT2D eigenvalue weighted by molar-refractivity contribution is 0.191. The van der Waals surface area contributed by atoms with Crippen molar-refractivity contribution >= 4 is 0 Å². The maximum absolute atomic E-state index is 5.39. The van der Waals surface area contributed by atoms with Crippen LogP contribution in [0.1, 0.15) is 27.7 Å². The van der Waals surface area contributed by atoms with Crippen molar-refractivity contribution in [1.29, 1.82) is 0 Å². The highest BCUT2D eigenvalue weighted by Gasteiger charge is 1.93. The summed E-state index contributed by atoms with van der Waals surface area (Å²) in [6, 6.07) is 0. The first-order valence-corrected chi connectivity index (χ1v) is 4.69. The highest BCUT2D eigenvalue weighted by Crippen LogP contribution is 2.03. The Morgan fingerprint density at radius 2 is 2.00 bits per heavy atom. The van der Waals surface area contributed by atoms with Gasteiger partial charge in [-0.3, -0.25) is 0 Å². The number of rotatable bonds is 5. The molecule has 0 aliphatic carbocycles. The summed E-state index contributed by atoms with van der Waals surface area (Å²) in [4.78, 5) is 0. The van der Waals surface area contributed by atoms with E-state index in [1.807, 2.05) is 32.1 Å². The molecule has 0 aromatic heterocycles. The van der Waals surface area contributed by atoms with Crippen LogP contribution in [0, 0.1) is 5.92 Å². The molecule has 13 heavy (non-hydrogen) atoms. The third-order valence-corrected chi connectivity index (χ3v) is 1.59. The molecule has 0 atom stereocenters. The van der Waals surface area contributed by atoms with Gasteiger partial charge in [0.1, 0.15) is 5.76 Å². The zero-order valence-corrected chi connectivity index (χ0v) is 9.13. The average Bonchev–Trinajstić information content (AvgIpc) is 2.10. The number of hydrogen-bond acceptors (Lipinski definition) is 1. The molecule has 0 saturated carbocycles. The Morgan fingerprint density at radius 1 is 1.38 bits per heavy atom. The third-order valence-electron chi connectivity index (χ3n) is 1.59. The van der Waals surface area contributed by atoms with Crippen molar-refractivity contribution in [2.24, 2.45) is 5.92 Å². The minimum atomic E-state index is 0.549. The van der Waals surface area contributed by atoms with Crippen LogP contribution in [0.25, 0.3) is 0 Å². The second-order valence-electron chi connectivity index (χ2n) is 3.54. The summed E-state index contributed by atoms with van der Waals surface area (Å²) >= 11 is 0. The van der Waals surface area contributed by atoms with Crippen LogP contribution in [0.4, 0.5) is 0 Å². The third kappa shape index (κ3) is 7.38. The summed E-state index contributed by atoms with van der Waals surface area (Å²) in [5.41, 5.74) is 1.22. The molecule has 0 bridgehead atoms. The van der Waals surface area contributed by atoms with Crippen LogP contribution < -0.4 is 0 Å². The molecular weight excluding hydrogens is 160 g/mol. The monoisotopic (exact) mass is 180 g/mol. The van der Waals surface area contributed by atoms with Crippen molar-refractivity contribution < 1.29 is 4.74 Å². The molecule has 74 valence electrons. The minimum absolute atomic E-state index is 0.549. The lowest BCUT2D eigenvalue weighted by Crippen LogP contribution is -1.99. The lowest BCUT2D eigenvalue weighted by atomic mass is 10.2. The summed E-state index contributed by atoms with van der Waals surface area (Å²) in [5.74, 6) is 1.28. The van der Waals surface area contributed by atoms with E-state index in [0.717, 1.165) is 12.4 Å². The van der Waals surface area contributed by atoms with E-state index in [0.29, 0.717) is 5.92 Å². The summed E-state index contributed by atoms with van der Waals surface area (Å²) < 4.78 is 5.39. The quantitative estimate of drug-likeness (QED) is 0.463. The van der Waals surface area contributed by atoms with Gasteiger partial charge < -0.3 is 4.74 Å². The SMILES string of the molecule is C=C(/C=C\C(C)=C/C)OCC(C)C. The van der Waals surface area contributed by atoms with E-state index in [-0.39, 0.29) is 0 Å². The number of ether oxygens (including phenoxy) is 1. The Bertz CT molecular complexity index is 209. The molecule has 0 radical (unpaired) electrons. The van der Waals surface area contributed by atoms with Crippen molar-refractivity contribution in [3.63, 3.8) is 0 Å². The maximum Gasteiger partial charge on any atom is 0.112 e. The van der Waals surface area contributed by atoms with Gasteiger partial charge in [-0.25, -0.2) is 0 Å². The number of hydrogen-bond donors (Lipinski definition) is 0. The Kier molecular flexibility index (Phi) is 6.03. The molecule has 0 spiro atoms. The van der Waals surface area contributed by atoms with E-state index < -0.39 is 0 Å². The molecule has 0 aromatic rings. The highest BCUT2D eigenvalue weighted by atomic mass is 16.5. The standard InChI is InChI=1S/C12H20O/c1-6-11(4)7-8-12(5)13-9-10(2)3/h6-8,10H,5,9H2,1-4H3/b8-7-,11-6-. The molecule has 0 rings (SSSR count). The molecule has 0 aliphatic heterocycles. The molecule has 1 nitrogen and oxygen atoms in total. The maximum atomic E-state index is 5.39. The smallest absolute Gasteiger partial charge is 0.112 e. The topological polar surface area (TPSA) is 9.23 Å². The van der Waals surface area contributed by atoms with Crippen LogP contribution in [0.3, 0.4) is 0 Å². The second kappa shape index (κ2) is 6.53. The number of allylic oxidation sites excluding steroid dienone is 4. The van der Waals surface area contributed by atoms with Crippen LogP contribution in [0.2, 0.25) is 0 Å². The van der Waals surface area contributed by atoms with Crippen molar-refractivity contribution in [2.75, 3.05) is 6.61 Å². The zero-order valence-electron chi connectivity index (χ0n) is 9.13. The predicted molar refractivity (Wildman–Crippen MR) is 58.5 cm³/mol. The van der Waals surface area contributed by atoms with E-state index in [4.69, 9.17) is 4.74 Å². The second-order valence-corrected chi connectivity index (χ2v) is 3.54. The predicted octanol–water partition coefficient (Wildman–Crippen LogP) is 3.70. The fourth-order valence-corrected chi connectivity index (χ4v) is 0.642. The fourth-order valence-electron chi connectivity index (χ4n) is 0.642.